The maximum Gasteiger partial charge on any atom is 0.209 e. The van der Waals surface area contributed by atoms with Gasteiger partial charge in [0.2, 0.25) is 5.16 Å². The van der Waals surface area contributed by atoms with Crippen molar-refractivity contribution in [3.63, 3.8) is 0 Å². The Hall–Kier alpha value is -0.590. The van der Waals surface area contributed by atoms with Crippen LogP contribution >= 0.6 is 23.4 Å². The molecule has 1 rings (SSSR count). The van der Waals surface area contributed by atoms with E-state index in [0.29, 0.717) is 0 Å². The average Bonchev–Trinajstić information content (AvgIpc) is 2.72. The van der Waals surface area contributed by atoms with E-state index >= 15 is 0 Å². The number of thioether (sulfide) groups is 1. The van der Waals surface area contributed by atoms with Gasteiger partial charge in [-0.1, -0.05) is 28.9 Å². The second-order valence-electron chi connectivity index (χ2n) is 5.11. The predicted octanol–water partition coefficient (Wildman–Crippen LogP) is 2.30. The van der Waals surface area contributed by atoms with Gasteiger partial charge in [0, 0.05) is 23.4 Å². The summed E-state index contributed by atoms with van der Waals surface area (Å²) in [5.74, 6) is 0.802. The van der Waals surface area contributed by atoms with E-state index in [0.717, 1.165) is 29.6 Å². The topological polar surface area (TPSA) is 55.6 Å². The van der Waals surface area contributed by atoms with Crippen molar-refractivity contribution in [3.8, 4) is 0 Å². The summed E-state index contributed by atoms with van der Waals surface area (Å²) in [7, 11) is 0. The molecule has 7 heteroatoms. The summed E-state index contributed by atoms with van der Waals surface area (Å²) in [6.07, 6.45) is 0. The molecule has 0 saturated carbocycles. The summed E-state index contributed by atoms with van der Waals surface area (Å²) in [6.45, 7) is 9.99. The van der Waals surface area contributed by atoms with Gasteiger partial charge in [-0.25, -0.2) is 4.68 Å². The third-order valence-corrected chi connectivity index (χ3v) is 3.62. The van der Waals surface area contributed by atoms with Crippen LogP contribution in [0.15, 0.2) is 16.3 Å². The molecule has 1 aromatic heterocycles. The molecule has 0 saturated heterocycles. The molecule has 1 aromatic rings. The average molecular weight is 290 g/mol. The Kier molecular flexibility index (Phi) is 6.11. The Morgan fingerprint density at radius 1 is 1.50 bits per heavy atom. The second kappa shape index (κ2) is 7.11. The molecular formula is C11H20ClN5S. The molecule has 0 aliphatic rings. The van der Waals surface area contributed by atoms with Crippen LogP contribution in [0.4, 0.5) is 0 Å². The van der Waals surface area contributed by atoms with Gasteiger partial charge >= 0.3 is 0 Å². The van der Waals surface area contributed by atoms with Crippen molar-refractivity contribution >= 4 is 23.4 Å². The van der Waals surface area contributed by atoms with Crippen LogP contribution in [0.3, 0.4) is 0 Å². The van der Waals surface area contributed by atoms with Crippen molar-refractivity contribution in [2.24, 2.45) is 0 Å². The number of halogens is 1. The Balaban J connectivity index is 2.45. The second-order valence-corrected chi connectivity index (χ2v) is 6.27. The molecule has 0 unspecified atom stereocenters. The van der Waals surface area contributed by atoms with Gasteiger partial charge in [-0.2, -0.15) is 0 Å². The predicted molar refractivity (Wildman–Crippen MR) is 75.9 cm³/mol. The van der Waals surface area contributed by atoms with Crippen molar-refractivity contribution in [1.29, 1.82) is 0 Å². The smallest absolute Gasteiger partial charge is 0.209 e. The molecule has 0 spiro atoms. The zero-order valence-corrected chi connectivity index (χ0v) is 12.8. The lowest BCUT2D eigenvalue weighted by molar-refractivity contribution is 0.396. The minimum Gasteiger partial charge on any atom is -0.310 e. The minimum atomic E-state index is 0.110. The van der Waals surface area contributed by atoms with Gasteiger partial charge in [0.1, 0.15) is 0 Å². The first-order chi connectivity index (χ1) is 8.42. The Bertz CT molecular complexity index is 396. The summed E-state index contributed by atoms with van der Waals surface area (Å²) in [6, 6.07) is 0. The summed E-state index contributed by atoms with van der Waals surface area (Å²) in [4.78, 5) is 0. The van der Waals surface area contributed by atoms with Gasteiger partial charge in [0.15, 0.2) is 0 Å². The Labute approximate surface area is 117 Å². The van der Waals surface area contributed by atoms with Gasteiger partial charge in [0.25, 0.3) is 0 Å². The number of hydrogen-bond acceptors (Lipinski definition) is 5. The van der Waals surface area contributed by atoms with Gasteiger partial charge in [0.05, 0.1) is 6.54 Å². The first kappa shape index (κ1) is 15.5. The van der Waals surface area contributed by atoms with E-state index in [1.165, 1.54) is 0 Å². The van der Waals surface area contributed by atoms with Crippen molar-refractivity contribution in [3.05, 3.63) is 11.1 Å². The maximum absolute atomic E-state index is 5.62. The highest BCUT2D eigenvalue weighted by molar-refractivity contribution is 7.99. The highest BCUT2D eigenvalue weighted by atomic mass is 35.5. The Morgan fingerprint density at radius 3 is 2.83 bits per heavy atom. The fourth-order valence-electron chi connectivity index (χ4n) is 1.19. The molecule has 0 atom stereocenters. The minimum absolute atomic E-state index is 0.110. The molecule has 0 aromatic carbocycles. The fourth-order valence-corrected chi connectivity index (χ4v) is 2.17. The van der Waals surface area contributed by atoms with Crippen LogP contribution < -0.4 is 5.32 Å². The molecule has 0 fully saturated rings. The van der Waals surface area contributed by atoms with E-state index < -0.39 is 0 Å². The van der Waals surface area contributed by atoms with Crippen LogP contribution in [0.5, 0.6) is 0 Å². The standard InChI is InChI=1S/C11H20ClN5S/c1-9(7-12)8-18-10-14-15-16-17(10)6-5-13-11(2,3)4/h7,13H,5-6,8H2,1-4H3. The van der Waals surface area contributed by atoms with Gasteiger partial charge < -0.3 is 5.32 Å². The van der Waals surface area contributed by atoms with E-state index in [9.17, 15) is 0 Å². The maximum atomic E-state index is 5.62. The molecule has 5 nitrogen and oxygen atoms in total. The van der Waals surface area contributed by atoms with Gasteiger partial charge in [-0.05, 0) is 38.1 Å². The highest BCUT2D eigenvalue weighted by Crippen LogP contribution is 2.17. The summed E-state index contributed by atoms with van der Waals surface area (Å²) < 4.78 is 1.81. The van der Waals surface area contributed by atoms with E-state index in [2.05, 4.69) is 41.6 Å². The SMILES string of the molecule is CC(=CCl)CSc1nnnn1CCNC(C)(C)C. The quantitative estimate of drug-likeness (QED) is 0.815. The van der Waals surface area contributed by atoms with Crippen LogP contribution in [0, 0.1) is 0 Å². The zero-order chi connectivity index (χ0) is 13.6. The molecule has 0 bridgehead atoms. The van der Waals surface area contributed by atoms with Crippen LogP contribution in [0.1, 0.15) is 27.7 Å². The number of hydrogen-bond donors (Lipinski definition) is 1. The number of nitrogens with zero attached hydrogens (tertiary/aromatic N) is 4. The normalized spacial score (nSPS) is 13.1. The monoisotopic (exact) mass is 289 g/mol. The third-order valence-electron chi connectivity index (χ3n) is 2.09. The Morgan fingerprint density at radius 2 is 2.22 bits per heavy atom. The zero-order valence-electron chi connectivity index (χ0n) is 11.3. The molecule has 18 heavy (non-hydrogen) atoms. The van der Waals surface area contributed by atoms with Crippen LogP contribution in [-0.4, -0.2) is 38.0 Å². The van der Waals surface area contributed by atoms with Crippen molar-refractivity contribution in [2.45, 2.75) is 44.9 Å². The van der Waals surface area contributed by atoms with Gasteiger partial charge in [-0.3, -0.25) is 0 Å². The first-order valence-electron chi connectivity index (χ1n) is 5.82. The van der Waals surface area contributed by atoms with E-state index in [-0.39, 0.29) is 5.54 Å². The van der Waals surface area contributed by atoms with E-state index in [4.69, 9.17) is 11.6 Å². The molecule has 102 valence electrons. The molecule has 0 aliphatic carbocycles. The molecule has 1 N–H and O–H groups in total. The van der Waals surface area contributed by atoms with Crippen LogP contribution in [0.25, 0.3) is 0 Å². The molecule has 0 radical (unpaired) electrons. The first-order valence-corrected chi connectivity index (χ1v) is 7.24. The molecule has 1 heterocycles. The van der Waals surface area contributed by atoms with E-state index in [1.54, 1.807) is 17.3 Å². The molecule has 0 aliphatic heterocycles. The number of rotatable bonds is 6. The molecular weight excluding hydrogens is 270 g/mol. The number of aromatic nitrogens is 4. The van der Waals surface area contributed by atoms with Gasteiger partial charge in [-0.15, -0.1) is 5.10 Å². The molecule has 0 amide bonds. The summed E-state index contributed by atoms with van der Waals surface area (Å²) in [5, 5.41) is 15.9. The summed E-state index contributed by atoms with van der Waals surface area (Å²) in [5.41, 5.74) is 2.80. The van der Waals surface area contributed by atoms with Crippen molar-refractivity contribution < 1.29 is 0 Å². The number of nitrogens with one attached hydrogen (secondary N) is 1. The van der Waals surface area contributed by atoms with Crippen molar-refractivity contribution in [1.82, 2.24) is 25.5 Å². The largest absolute Gasteiger partial charge is 0.310 e. The number of tetrazole rings is 1. The van der Waals surface area contributed by atoms with E-state index in [1.807, 2.05) is 11.6 Å². The third kappa shape index (κ3) is 5.84. The summed E-state index contributed by atoms with van der Waals surface area (Å²) >= 11 is 7.21. The van der Waals surface area contributed by atoms with Crippen LogP contribution in [-0.2, 0) is 6.54 Å². The van der Waals surface area contributed by atoms with Crippen molar-refractivity contribution in [2.75, 3.05) is 12.3 Å². The lowest BCUT2D eigenvalue weighted by atomic mass is 10.1. The van der Waals surface area contributed by atoms with Crippen LogP contribution in [0.2, 0.25) is 0 Å². The highest BCUT2D eigenvalue weighted by Gasteiger charge is 2.10. The fraction of sp³-hybridized carbons (Fsp3) is 0.727. The lowest BCUT2D eigenvalue weighted by Crippen LogP contribution is -2.38. The lowest BCUT2D eigenvalue weighted by Gasteiger charge is -2.20.